The van der Waals surface area contributed by atoms with Crippen LogP contribution in [0.4, 0.5) is 13.6 Å². The van der Waals surface area contributed by atoms with Crippen molar-refractivity contribution < 1.29 is 33.3 Å². The number of halogens is 2. The van der Waals surface area contributed by atoms with Crippen molar-refractivity contribution in [2.75, 3.05) is 13.2 Å². The zero-order valence-corrected chi connectivity index (χ0v) is 20.5. The van der Waals surface area contributed by atoms with Gasteiger partial charge >= 0.3 is 6.09 Å². The van der Waals surface area contributed by atoms with Gasteiger partial charge in [-0.05, 0) is 62.9 Å². The highest BCUT2D eigenvalue weighted by Gasteiger charge is 2.32. The van der Waals surface area contributed by atoms with Gasteiger partial charge in [0.2, 0.25) is 0 Å². The predicted molar refractivity (Wildman–Crippen MR) is 127 cm³/mol. The summed E-state index contributed by atoms with van der Waals surface area (Å²) in [4.78, 5) is 12.4. The van der Waals surface area contributed by atoms with Crippen LogP contribution in [0.2, 0.25) is 0 Å². The molecule has 35 heavy (non-hydrogen) atoms. The minimum Gasteiger partial charge on any atom is -0.490 e. The topological polar surface area (TPSA) is 100 Å². The third-order valence-corrected chi connectivity index (χ3v) is 5.70. The van der Waals surface area contributed by atoms with E-state index in [1.165, 1.54) is 0 Å². The second kappa shape index (κ2) is 11.3. The third kappa shape index (κ3) is 7.62. The highest BCUT2D eigenvalue weighted by molar-refractivity contribution is 5.68. The molecule has 1 heterocycles. The van der Waals surface area contributed by atoms with Crippen LogP contribution in [0, 0.1) is 11.6 Å². The lowest BCUT2D eigenvalue weighted by Gasteiger charge is -2.33. The molecule has 0 spiro atoms. The molecule has 4 atom stereocenters. The number of ether oxygens (including phenoxy) is 2. The van der Waals surface area contributed by atoms with E-state index < -0.39 is 47.6 Å². The highest BCUT2D eigenvalue weighted by atomic mass is 19.1. The predicted octanol–water partition coefficient (Wildman–Crippen LogP) is 3.41. The van der Waals surface area contributed by atoms with Crippen LogP contribution in [-0.4, -0.2) is 53.3 Å². The Kier molecular flexibility index (Phi) is 8.69. The number of rotatable bonds is 8. The number of carbonyl (C=O) groups excluding carboxylic acids is 1. The molecular weight excluding hydrogens is 458 g/mol. The number of benzene rings is 2. The van der Waals surface area contributed by atoms with Crippen molar-refractivity contribution >= 4 is 6.09 Å². The summed E-state index contributed by atoms with van der Waals surface area (Å²) in [6.07, 6.45) is -2.00. The zero-order chi connectivity index (χ0) is 25.8. The van der Waals surface area contributed by atoms with E-state index in [9.17, 15) is 23.8 Å². The molecular formula is C26H34F2N2O5. The first-order valence-electron chi connectivity index (χ1n) is 11.7. The van der Waals surface area contributed by atoms with E-state index in [-0.39, 0.29) is 25.1 Å². The molecule has 0 aliphatic carbocycles. The van der Waals surface area contributed by atoms with Gasteiger partial charge in [-0.3, -0.25) is 0 Å². The van der Waals surface area contributed by atoms with Crippen LogP contribution in [0.25, 0.3) is 0 Å². The van der Waals surface area contributed by atoms with Gasteiger partial charge in [0.15, 0.2) is 0 Å². The second-order valence-corrected chi connectivity index (χ2v) is 9.79. The highest BCUT2D eigenvalue weighted by Crippen LogP contribution is 2.33. The van der Waals surface area contributed by atoms with Crippen molar-refractivity contribution in [1.82, 2.24) is 10.6 Å². The monoisotopic (exact) mass is 492 g/mol. The molecule has 2 aromatic carbocycles. The molecule has 4 unspecified atom stereocenters. The number of aliphatic hydroxyl groups is 2. The maximum atomic E-state index is 13.7. The van der Waals surface area contributed by atoms with Crippen molar-refractivity contribution in [2.24, 2.45) is 0 Å². The molecule has 0 fully saturated rings. The van der Waals surface area contributed by atoms with E-state index in [4.69, 9.17) is 9.47 Å². The van der Waals surface area contributed by atoms with Crippen molar-refractivity contribution in [3.8, 4) is 5.75 Å². The summed E-state index contributed by atoms with van der Waals surface area (Å²) in [5, 5.41) is 27.3. The van der Waals surface area contributed by atoms with Crippen LogP contribution < -0.4 is 15.4 Å². The minimum atomic E-state index is -1.17. The number of nitrogens with one attached hydrogen (secondary N) is 2. The van der Waals surface area contributed by atoms with Crippen molar-refractivity contribution in [2.45, 2.75) is 70.4 Å². The molecule has 3 rings (SSSR count). The van der Waals surface area contributed by atoms with E-state index in [2.05, 4.69) is 10.6 Å². The van der Waals surface area contributed by atoms with Gasteiger partial charge in [0.05, 0.1) is 18.2 Å². The average Bonchev–Trinajstić information content (AvgIpc) is 2.75. The fourth-order valence-electron chi connectivity index (χ4n) is 4.03. The summed E-state index contributed by atoms with van der Waals surface area (Å²) in [6.45, 7) is 7.21. The maximum absolute atomic E-state index is 13.7. The van der Waals surface area contributed by atoms with E-state index in [1.807, 2.05) is 25.1 Å². The van der Waals surface area contributed by atoms with Crippen LogP contribution in [-0.2, 0) is 17.6 Å². The SMILES string of the molecule is CCc1ccc2c(c1)C(NCC(O)C(Cc1cc(F)cc(F)c1)NC(=O)OC(C)(C)C)C(O)CO2. The van der Waals surface area contributed by atoms with Crippen LogP contribution in [0.1, 0.15) is 50.4 Å². The summed E-state index contributed by atoms with van der Waals surface area (Å²) >= 11 is 0. The van der Waals surface area contributed by atoms with Crippen LogP contribution >= 0.6 is 0 Å². The number of aliphatic hydroxyl groups excluding tert-OH is 2. The molecule has 0 saturated heterocycles. The number of carbonyl (C=O) groups is 1. The minimum absolute atomic E-state index is 0.0181. The number of aryl methyl sites for hydroxylation is 1. The molecule has 0 radical (unpaired) electrons. The van der Waals surface area contributed by atoms with E-state index in [1.54, 1.807) is 20.8 Å². The molecule has 2 aromatic rings. The fraction of sp³-hybridized carbons (Fsp3) is 0.500. The van der Waals surface area contributed by atoms with Gasteiger partial charge in [-0.15, -0.1) is 0 Å². The molecule has 9 heteroatoms. The molecule has 4 N–H and O–H groups in total. The first kappa shape index (κ1) is 26.8. The van der Waals surface area contributed by atoms with Gasteiger partial charge in [-0.1, -0.05) is 19.1 Å². The van der Waals surface area contributed by atoms with Gasteiger partial charge in [-0.2, -0.15) is 0 Å². The zero-order valence-electron chi connectivity index (χ0n) is 20.5. The number of hydrogen-bond acceptors (Lipinski definition) is 6. The van der Waals surface area contributed by atoms with Crippen LogP contribution in [0.15, 0.2) is 36.4 Å². The second-order valence-electron chi connectivity index (χ2n) is 9.79. The Morgan fingerprint density at radius 2 is 1.86 bits per heavy atom. The first-order chi connectivity index (χ1) is 16.4. The number of hydrogen-bond donors (Lipinski definition) is 4. The summed E-state index contributed by atoms with van der Waals surface area (Å²) in [6, 6.07) is 7.40. The van der Waals surface area contributed by atoms with Crippen LogP contribution in [0.5, 0.6) is 5.75 Å². The van der Waals surface area contributed by atoms with Crippen LogP contribution in [0.3, 0.4) is 0 Å². The first-order valence-corrected chi connectivity index (χ1v) is 11.7. The van der Waals surface area contributed by atoms with Gasteiger partial charge in [0, 0.05) is 18.2 Å². The summed E-state index contributed by atoms with van der Waals surface area (Å²) in [5.41, 5.74) is 1.35. The summed E-state index contributed by atoms with van der Waals surface area (Å²) < 4.78 is 38.4. The Bertz CT molecular complexity index is 1010. The molecule has 7 nitrogen and oxygen atoms in total. The molecule has 1 aliphatic rings. The maximum Gasteiger partial charge on any atom is 0.407 e. The molecule has 1 aliphatic heterocycles. The number of fused-ring (bicyclic) bond motifs is 1. The van der Waals surface area contributed by atoms with Crippen molar-refractivity contribution in [3.63, 3.8) is 0 Å². The van der Waals surface area contributed by atoms with Gasteiger partial charge in [0.1, 0.15) is 35.7 Å². The fourth-order valence-corrected chi connectivity index (χ4v) is 4.03. The third-order valence-electron chi connectivity index (χ3n) is 5.70. The summed E-state index contributed by atoms with van der Waals surface area (Å²) in [7, 11) is 0. The molecule has 0 aromatic heterocycles. The lowest BCUT2D eigenvalue weighted by Crippen LogP contribution is -2.51. The van der Waals surface area contributed by atoms with Gasteiger partial charge < -0.3 is 30.3 Å². The molecule has 0 bridgehead atoms. The van der Waals surface area contributed by atoms with E-state index in [0.29, 0.717) is 5.75 Å². The Morgan fingerprint density at radius 1 is 1.17 bits per heavy atom. The van der Waals surface area contributed by atoms with Gasteiger partial charge in [-0.25, -0.2) is 13.6 Å². The van der Waals surface area contributed by atoms with Crippen molar-refractivity contribution in [3.05, 3.63) is 64.7 Å². The molecule has 192 valence electrons. The largest absolute Gasteiger partial charge is 0.490 e. The summed E-state index contributed by atoms with van der Waals surface area (Å²) in [5.74, 6) is -0.854. The Morgan fingerprint density at radius 3 is 2.49 bits per heavy atom. The number of amides is 1. The number of alkyl carbamates (subject to hydrolysis) is 1. The average molecular weight is 493 g/mol. The lowest BCUT2D eigenvalue weighted by molar-refractivity contribution is 0.0351. The standard InChI is InChI=1S/C26H34F2N2O5/c1-5-15-6-7-23-19(10-15)24(22(32)14-34-23)29-13-21(31)20(30-25(33)35-26(2,3)4)11-16-8-17(27)12-18(28)9-16/h6-10,12,20-22,24,29,31-32H,5,11,13-14H2,1-4H3,(H,30,33). The Labute approximate surface area is 204 Å². The Hall–Kier alpha value is -2.75. The smallest absolute Gasteiger partial charge is 0.407 e. The quantitative estimate of drug-likeness (QED) is 0.451. The molecule has 0 saturated carbocycles. The van der Waals surface area contributed by atoms with E-state index in [0.717, 1.165) is 35.7 Å². The van der Waals surface area contributed by atoms with Gasteiger partial charge in [0.25, 0.3) is 0 Å². The lowest BCUT2D eigenvalue weighted by atomic mass is 9.94. The normalized spacial score (nSPS) is 19.3. The Balaban J connectivity index is 1.77. The molecule has 1 amide bonds. The van der Waals surface area contributed by atoms with E-state index >= 15 is 0 Å². The van der Waals surface area contributed by atoms with Crippen molar-refractivity contribution in [1.29, 1.82) is 0 Å².